The first-order valence-electron chi connectivity index (χ1n) is 8.70. The van der Waals surface area contributed by atoms with Gasteiger partial charge in [0.1, 0.15) is 5.82 Å². The summed E-state index contributed by atoms with van der Waals surface area (Å²) in [4.78, 5) is 12.1. The van der Waals surface area contributed by atoms with Crippen molar-refractivity contribution in [1.82, 2.24) is 15.1 Å². The molecular formula is C18H25FN4O3S. The summed E-state index contributed by atoms with van der Waals surface area (Å²) < 4.78 is 39.6. The van der Waals surface area contributed by atoms with Gasteiger partial charge in [0.25, 0.3) is 0 Å². The third kappa shape index (κ3) is 5.06. The minimum Gasteiger partial charge on any atom is -0.337 e. The second-order valence-electron chi connectivity index (χ2n) is 6.61. The van der Waals surface area contributed by atoms with E-state index < -0.39 is 21.7 Å². The van der Waals surface area contributed by atoms with E-state index in [1.807, 2.05) is 27.0 Å². The predicted octanol–water partition coefficient (Wildman–Crippen LogP) is 2.91. The standard InChI is InChI=1S/C18H25FN4O3S/c1-5-27(25,26)17-10-13(19)6-7-15(17)22-18(24)20-11-14(12(2)3)16-8-9-21-23(16)4/h6-10,12,14H,5,11H2,1-4H3,(H2,20,22,24)/t14-/m1/s1. The maximum atomic E-state index is 13.5. The summed E-state index contributed by atoms with van der Waals surface area (Å²) in [6.07, 6.45) is 1.70. The number of hydrogen-bond acceptors (Lipinski definition) is 4. The summed E-state index contributed by atoms with van der Waals surface area (Å²) in [5, 5.41) is 9.43. The van der Waals surface area contributed by atoms with Gasteiger partial charge in [-0.2, -0.15) is 5.10 Å². The van der Waals surface area contributed by atoms with Gasteiger partial charge >= 0.3 is 6.03 Å². The lowest BCUT2D eigenvalue weighted by atomic mass is 9.92. The summed E-state index contributed by atoms with van der Waals surface area (Å²) >= 11 is 0. The van der Waals surface area contributed by atoms with Gasteiger partial charge in [-0.3, -0.25) is 4.68 Å². The summed E-state index contributed by atoms with van der Waals surface area (Å²) in [6.45, 7) is 5.90. The number of carbonyl (C=O) groups excluding carboxylic acids is 1. The van der Waals surface area contributed by atoms with Crippen molar-refractivity contribution >= 4 is 21.6 Å². The van der Waals surface area contributed by atoms with Crippen molar-refractivity contribution in [2.24, 2.45) is 13.0 Å². The number of anilines is 1. The molecule has 0 aliphatic carbocycles. The fourth-order valence-corrected chi connectivity index (χ4v) is 3.87. The van der Waals surface area contributed by atoms with Crippen LogP contribution in [0.5, 0.6) is 0 Å². The van der Waals surface area contributed by atoms with Gasteiger partial charge in [-0.05, 0) is 30.2 Å². The van der Waals surface area contributed by atoms with E-state index >= 15 is 0 Å². The SMILES string of the molecule is CCS(=O)(=O)c1cc(F)ccc1NC(=O)NC[C@@H](c1ccnn1C)C(C)C. The zero-order chi connectivity index (χ0) is 20.2. The van der Waals surface area contributed by atoms with E-state index in [9.17, 15) is 17.6 Å². The fraction of sp³-hybridized carbons (Fsp3) is 0.444. The van der Waals surface area contributed by atoms with Gasteiger partial charge in [0.05, 0.1) is 16.3 Å². The van der Waals surface area contributed by atoms with Gasteiger partial charge in [0.2, 0.25) is 0 Å². The predicted molar refractivity (Wildman–Crippen MR) is 102 cm³/mol. The molecule has 2 N–H and O–H groups in total. The maximum Gasteiger partial charge on any atom is 0.319 e. The number of amides is 2. The molecule has 7 nitrogen and oxygen atoms in total. The number of benzene rings is 1. The first kappa shape index (κ1) is 20.9. The van der Waals surface area contributed by atoms with Crippen LogP contribution in [0.3, 0.4) is 0 Å². The summed E-state index contributed by atoms with van der Waals surface area (Å²) in [7, 11) is -1.84. The molecule has 2 aromatic rings. The molecular weight excluding hydrogens is 371 g/mol. The number of hydrogen-bond donors (Lipinski definition) is 2. The second kappa shape index (κ2) is 8.51. The molecule has 0 spiro atoms. The molecule has 2 amide bonds. The lowest BCUT2D eigenvalue weighted by Gasteiger charge is -2.22. The number of halogens is 1. The van der Waals surface area contributed by atoms with Crippen LogP contribution in [0.4, 0.5) is 14.9 Å². The Morgan fingerprint density at radius 3 is 2.56 bits per heavy atom. The van der Waals surface area contributed by atoms with Crippen LogP contribution in [0.2, 0.25) is 0 Å². The molecule has 1 atom stereocenters. The Morgan fingerprint density at radius 2 is 2.00 bits per heavy atom. The van der Waals surface area contributed by atoms with Crippen LogP contribution in [0.15, 0.2) is 35.4 Å². The van der Waals surface area contributed by atoms with Gasteiger partial charge in [-0.25, -0.2) is 17.6 Å². The normalized spacial score (nSPS) is 12.8. The van der Waals surface area contributed by atoms with Crippen molar-refractivity contribution in [2.75, 3.05) is 17.6 Å². The molecule has 0 fully saturated rings. The molecule has 148 valence electrons. The molecule has 2 rings (SSSR count). The largest absolute Gasteiger partial charge is 0.337 e. The smallest absolute Gasteiger partial charge is 0.319 e. The van der Waals surface area contributed by atoms with Gasteiger partial charge in [-0.15, -0.1) is 0 Å². The molecule has 0 saturated heterocycles. The molecule has 0 aliphatic rings. The number of nitrogens with one attached hydrogen (secondary N) is 2. The van der Waals surface area contributed by atoms with E-state index in [4.69, 9.17) is 0 Å². The number of aromatic nitrogens is 2. The van der Waals surface area contributed by atoms with Crippen LogP contribution in [0.25, 0.3) is 0 Å². The van der Waals surface area contributed by atoms with Gasteiger partial charge in [0.15, 0.2) is 9.84 Å². The van der Waals surface area contributed by atoms with Crippen LogP contribution in [0, 0.1) is 11.7 Å². The minimum absolute atomic E-state index is 0.0373. The highest BCUT2D eigenvalue weighted by Gasteiger charge is 2.22. The summed E-state index contributed by atoms with van der Waals surface area (Å²) in [5.74, 6) is -0.579. The number of aryl methyl sites for hydroxylation is 1. The maximum absolute atomic E-state index is 13.5. The minimum atomic E-state index is -3.68. The van der Waals surface area contributed by atoms with Crippen LogP contribution >= 0.6 is 0 Å². The summed E-state index contributed by atoms with van der Waals surface area (Å²) in [5.41, 5.74) is 1.04. The van der Waals surface area contributed by atoms with Gasteiger partial charge < -0.3 is 10.6 Å². The molecule has 0 unspecified atom stereocenters. The van der Waals surface area contributed by atoms with E-state index in [0.717, 1.165) is 17.8 Å². The Labute approximate surface area is 158 Å². The molecule has 9 heteroatoms. The zero-order valence-corrected chi connectivity index (χ0v) is 16.7. The summed E-state index contributed by atoms with van der Waals surface area (Å²) in [6, 6.07) is 4.62. The first-order chi connectivity index (χ1) is 12.7. The van der Waals surface area contributed by atoms with E-state index in [2.05, 4.69) is 15.7 Å². The van der Waals surface area contributed by atoms with Crippen LogP contribution in [-0.4, -0.2) is 36.5 Å². The highest BCUT2D eigenvalue weighted by atomic mass is 32.2. The number of rotatable bonds is 7. The Morgan fingerprint density at radius 1 is 1.30 bits per heavy atom. The lowest BCUT2D eigenvalue weighted by molar-refractivity contribution is 0.250. The van der Waals surface area contributed by atoms with Crippen LogP contribution < -0.4 is 10.6 Å². The van der Waals surface area contributed by atoms with E-state index in [1.165, 1.54) is 13.0 Å². The van der Waals surface area contributed by atoms with Crippen molar-refractivity contribution in [2.45, 2.75) is 31.6 Å². The Hall–Kier alpha value is -2.42. The molecule has 1 heterocycles. The third-order valence-electron chi connectivity index (χ3n) is 4.43. The molecule has 0 aliphatic heterocycles. The van der Waals surface area contributed by atoms with E-state index in [1.54, 1.807) is 10.9 Å². The number of sulfone groups is 1. The van der Waals surface area contributed by atoms with E-state index in [-0.39, 0.29) is 28.2 Å². The van der Waals surface area contributed by atoms with Crippen molar-refractivity contribution in [1.29, 1.82) is 0 Å². The van der Waals surface area contributed by atoms with Gasteiger partial charge in [0, 0.05) is 31.4 Å². The topological polar surface area (TPSA) is 93.1 Å². The Balaban J connectivity index is 2.13. The molecule has 1 aromatic carbocycles. The quantitative estimate of drug-likeness (QED) is 0.753. The average molecular weight is 396 g/mol. The second-order valence-corrected chi connectivity index (χ2v) is 8.86. The third-order valence-corrected chi connectivity index (χ3v) is 6.20. The van der Waals surface area contributed by atoms with Crippen molar-refractivity contribution < 1.29 is 17.6 Å². The van der Waals surface area contributed by atoms with Crippen molar-refractivity contribution in [3.63, 3.8) is 0 Å². The first-order valence-corrected chi connectivity index (χ1v) is 10.4. The molecule has 0 saturated carbocycles. The molecule has 1 aromatic heterocycles. The number of carbonyl (C=O) groups is 1. The van der Waals surface area contributed by atoms with Crippen LogP contribution in [0.1, 0.15) is 32.4 Å². The monoisotopic (exact) mass is 396 g/mol. The molecule has 0 radical (unpaired) electrons. The highest BCUT2D eigenvalue weighted by Crippen LogP contribution is 2.25. The fourth-order valence-electron chi connectivity index (χ4n) is 2.81. The highest BCUT2D eigenvalue weighted by molar-refractivity contribution is 7.91. The van der Waals surface area contributed by atoms with Crippen molar-refractivity contribution in [3.8, 4) is 0 Å². The number of urea groups is 1. The zero-order valence-electron chi connectivity index (χ0n) is 15.9. The Kier molecular flexibility index (Phi) is 6.59. The van der Waals surface area contributed by atoms with E-state index in [0.29, 0.717) is 6.54 Å². The Bertz CT molecular complexity index is 909. The van der Waals surface area contributed by atoms with Crippen LogP contribution in [-0.2, 0) is 16.9 Å². The van der Waals surface area contributed by atoms with Crippen molar-refractivity contribution in [3.05, 3.63) is 42.0 Å². The molecule has 27 heavy (non-hydrogen) atoms. The van der Waals surface area contributed by atoms with Gasteiger partial charge in [-0.1, -0.05) is 20.8 Å². The molecule has 0 bridgehead atoms. The number of nitrogens with zero attached hydrogens (tertiary/aromatic N) is 2. The average Bonchev–Trinajstić information content (AvgIpc) is 3.02. The lowest BCUT2D eigenvalue weighted by Crippen LogP contribution is -2.34.